The minimum atomic E-state index is -0.848. The zero-order valence-electron chi connectivity index (χ0n) is 15.5. The average molecular weight is 352 g/mol. The van der Waals surface area contributed by atoms with Crippen LogP contribution in [0.2, 0.25) is 0 Å². The van der Waals surface area contributed by atoms with Gasteiger partial charge in [-0.2, -0.15) is 0 Å². The van der Waals surface area contributed by atoms with Gasteiger partial charge in [-0.25, -0.2) is 4.79 Å². The second kappa shape index (κ2) is 10.7. The van der Waals surface area contributed by atoms with Gasteiger partial charge in [0.25, 0.3) is 0 Å². The zero-order chi connectivity index (χ0) is 19.5. The van der Waals surface area contributed by atoms with Crippen molar-refractivity contribution in [1.82, 2.24) is 0 Å². The van der Waals surface area contributed by atoms with E-state index in [1.54, 1.807) is 30.3 Å². The molecule has 26 heavy (non-hydrogen) atoms. The molecule has 3 rings (SSSR count). The molecule has 2 aromatic carbocycles. The minimum absolute atomic E-state index is 0.244. The van der Waals surface area contributed by atoms with E-state index in [-0.39, 0.29) is 16.9 Å². The van der Waals surface area contributed by atoms with Crippen molar-refractivity contribution in [2.24, 2.45) is 0 Å². The van der Waals surface area contributed by atoms with Gasteiger partial charge in [0.15, 0.2) is 5.78 Å². The molecule has 0 saturated carbocycles. The standard InChI is InChI=1S/C18H12O4.2C2H6/c19-14(11-10-12-6-2-1-3-7-12)16-17(20)13-8-4-5-9-15(13)22-18(16)21;2*1-2/h1-11,20H;2*1-2H3/b11-10+;;. The Kier molecular flexibility index (Phi) is 8.58. The van der Waals surface area contributed by atoms with Crippen molar-refractivity contribution in [2.75, 3.05) is 0 Å². The maximum atomic E-state index is 12.2. The second-order valence-electron chi connectivity index (χ2n) is 4.72. The van der Waals surface area contributed by atoms with Crippen LogP contribution in [0.25, 0.3) is 17.0 Å². The molecular formula is C22H24O4. The number of rotatable bonds is 3. The fourth-order valence-corrected chi connectivity index (χ4v) is 2.17. The Balaban J connectivity index is 0.000000791. The number of ketones is 1. The summed E-state index contributed by atoms with van der Waals surface area (Å²) in [6.07, 6.45) is 2.83. The lowest BCUT2D eigenvalue weighted by Crippen LogP contribution is -2.12. The summed E-state index contributed by atoms with van der Waals surface area (Å²) in [5.41, 5.74) is -0.140. The molecule has 0 aliphatic heterocycles. The summed E-state index contributed by atoms with van der Waals surface area (Å²) >= 11 is 0. The van der Waals surface area contributed by atoms with Gasteiger partial charge in [0, 0.05) is 0 Å². The second-order valence-corrected chi connectivity index (χ2v) is 4.72. The van der Waals surface area contributed by atoms with Crippen LogP contribution < -0.4 is 5.63 Å². The number of carbonyl (C=O) groups excluding carboxylic acids is 1. The fraction of sp³-hybridized carbons (Fsp3) is 0.182. The van der Waals surface area contributed by atoms with E-state index in [0.717, 1.165) is 5.56 Å². The van der Waals surface area contributed by atoms with Gasteiger partial charge in [-0.3, -0.25) is 4.79 Å². The van der Waals surface area contributed by atoms with Crippen LogP contribution in [-0.2, 0) is 0 Å². The Bertz CT molecular complexity index is 922. The summed E-state index contributed by atoms with van der Waals surface area (Å²) in [7, 11) is 0. The van der Waals surface area contributed by atoms with Crippen LogP contribution in [0.5, 0.6) is 5.75 Å². The maximum Gasteiger partial charge on any atom is 0.351 e. The van der Waals surface area contributed by atoms with Crippen molar-refractivity contribution in [2.45, 2.75) is 27.7 Å². The van der Waals surface area contributed by atoms with E-state index in [0.29, 0.717) is 5.39 Å². The number of hydrogen-bond acceptors (Lipinski definition) is 4. The predicted molar refractivity (Wildman–Crippen MR) is 107 cm³/mol. The van der Waals surface area contributed by atoms with Crippen molar-refractivity contribution in [3.8, 4) is 5.75 Å². The van der Waals surface area contributed by atoms with Crippen LogP contribution >= 0.6 is 0 Å². The summed E-state index contributed by atoms with van der Waals surface area (Å²) in [5, 5.41) is 10.5. The summed E-state index contributed by atoms with van der Waals surface area (Å²) in [6.45, 7) is 8.00. The molecular weight excluding hydrogens is 328 g/mol. The lowest BCUT2D eigenvalue weighted by molar-refractivity contribution is 0.104. The molecule has 0 radical (unpaired) electrons. The quantitative estimate of drug-likeness (QED) is 0.387. The molecule has 3 aromatic rings. The van der Waals surface area contributed by atoms with Crippen LogP contribution in [0.3, 0.4) is 0 Å². The van der Waals surface area contributed by atoms with Gasteiger partial charge in [-0.15, -0.1) is 0 Å². The molecule has 4 heteroatoms. The smallest absolute Gasteiger partial charge is 0.351 e. The molecule has 1 aromatic heterocycles. The van der Waals surface area contributed by atoms with Gasteiger partial charge in [0.2, 0.25) is 0 Å². The Morgan fingerprint density at radius 1 is 0.923 bits per heavy atom. The molecule has 1 N–H and O–H groups in total. The number of hydrogen-bond donors (Lipinski definition) is 1. The predicted octanol–water partition coefficient (Wildman–Crippen LogP) is 5.45. The maximum absolute atomic E-state index is 12.2. The Morgan fingerprint density at radius 2 is 1.50 bits per heavy atom. The molecule has 0 atom stereocenters. The fourth-order valence-electron chi connectivity index (χ4n) is 2.17. The molecule has 0 bridgehead atoms. The number of carbonyl (C=O) groups is 1. The third-order valence-electron chi connectivity index (χ3n) is 3.26. The molecule has 1 heterocycles. The van der Waals surface area contributed by atoms with E-state index in [1.165, 1.54) is 6.08 Å². The molecule has 136 valence electrons. The highest BCUT2D eigenvalue weighted by atomic mass is 16.4. The lowest BCUT2D eigenvalue weighted by Gasteiger charge is -2.03. The largest absolute Gasteiger partial charge is 0.506 e. The summed E-state index contributed by atoms with van der Waals surface area (Å²) < 4.78 is 5.08. The number of fused-ring (bicyclic) bond motifs is 1. The highest BCUT2D eigenvalue weighted by Crippen LogP contribution is 2.26. The molecule has 0 saturated heterocycles. The lowest BCUT2D eigenvalue weighted by atomic mass is 10.1. The number of benzene rings is 2. The summed E-state index contributed by atoms with van der Waals surface area (Å²) in [4.78, 5) is 24.1. The van der Waals surface area contributed by atoms with Crippen LogP contribution in [0, 0.1) is 0 Å². The third-order valence-corrected chi connectivity index (χ3v) is 3.26. The molecule has 0 spiro atoms. The molecule has 0 aliphatic carbocycles. The van der Waals surface area contributed by atoms with Crippen molar-refractivity contribution >= 4 is 22.8 Å². The Hall–Kier alpha value is -3.14. The van der Waals surface area contributed by atoms with Crippen molar-refractivity contribution in [3.05, 3.63) is 82.2 Å². The van der Waals surface area contributed by atoms with Crippen LogP contribution in [0.4, 0.5) is 0 Å². The highest BCUT2D eigenvalue weighted by molar-refractivity contribution is 6.10. The van der Waals surface area contributed by atoms with E-state index >= 15 is 0 Å². The molecule has 4 nitrogen and oxygen atoms in total. The molecule has 0 unspecified atom stereocenters. The van der Waals surface area contributed by atoms with Crippen LogP contribution in [0.1, 0.15) is 43.6 Å². The van der Waals surface area contributed by atoms with Gasteiger partial charge < -0.3 is 9.52 Å². The number of allylic oxidation sites excluding steroid dienone is 1. The first kappa shape index (κ1) is 20.9. The molecule has 0 fully saturated rings. The van der Waals surface area contributed by atoms with Gasteiger partial charge in [-0.05, 0) is 23.8 Å². The van der Waals surface area contributed by atoms with Crippen molar-refractivity contribution in [3.63, 3.8) is 0 Å². The number of para-hydroxylation sites is 1. The summed E-state index contributed by atoms with van der Waals surface area (Å²) in [5.74, 6) is -0.949. The first-order chi connectivity index (χ1) is 12.7. The topological polar surface area (TPSA) is 67.5 Å². The average Bonchev–Trinajstić information content (AvgIpc) is 2.70. The van der Waals surface area contributed by atoms with Gasteiger partial charge in [-0.1, -0.05) is 76.2 Å². The van der Waals surface area contributed by atoms with E-state index in [1.807, 2.05) is 58.0 Å². The van der Waals surface area contributed by atoms with E-state index in [9.17, 15) is 14.7 Å². The Morgan fingerprint density at radius 3 is 2.15 bits per heavy atom. The van der Waals surface area contributed by atoms with Crippen molar-refractivity contribution in [1.29, 1.82) is 0 Å². The van der Waals surface area contributed by atoms with Gasteiger partial charge >= 0.3 is 5.63 Å². The normalized spacial score (nSPS) is 9.85. The van der Waals surface area contributed by atoms with E-state index < -0.39 is 11.4 Å². The highest BCUT2D eigenvalue weighted by Gasteiger charge is 2.18. The summed E-state index contributed by atoms with van der Waals surface area (Å²) in [6, 6.07) is 15.7. The Labute approximate surface area is 153 Å². The van der Waals surface area contributed by atoms with E-state index in [2.05, 4.69) is 0 Å². The molecule has 0 aliphatic rings. The number of aromatic hydroxyl groups is 1. The SMILES string of the molecule is CC.CC.O=C(/C=C/c1ccccc1)c1c(O)c2ccccc2oc1=O. The van der Waals surface area contributed by atoms with Gasteiger partial charge in [0.05, 0.1) is 5.39 Å². The van der Waals surface area contributed by atoms with Crippen LogP contribution in [-0.4, -0.2) is 10.9 Å². The van der Waals surface area contributed by atoms with Crippen molar-refractivity contribution < 1.29 is 14.3 Å². The molecule has 0 amide bonds. The zero-order valence-corrected chi connectivity index (χ0v) is 15.5. The first-order valence-corrected chi connectivity index (χ1v) is 8.69. The van der Waals surface area contributed by atoms with Crippen LogP contribution in [0.15, 0.2) is 69.9 Å². The van der Waals surface area contributed by atoms with E-state index in [4.69, 9.17) is 4.42 Å². The monoisotopic (exact) mass is 352 g/mol. The third kappa shape index (κ3) is 4.93. The van der Waals surface area contributed by atoms with Gasteiger partial charge in [0.1, 0.15) is 16.9 Å². The minimum Gasteiger partial charge on any atom is -0.506 e. The first-order valence-electron chi connectivity index (χ1n) is 8.69.